The number of anilines is 2. The molecule has 0 bridgehead atoms. The fourth-order valence-electron chi connectivity index (χ4n) is 1.43. The topological polar surface area (TPSA) is 15.3 Å². The first-order valence-corrected chi connectivity index (χ1v) is 5.82. The molecule has 0 amide bonds. The van der Waals surface area contributed by atoms with Gasteiger partial charge in [-0.1, -0.05) is 29.3 Å². The second-order valence-corrected chi connectivity index (χ2v) is 4.51. The van der Waals surface area contributed by atoms with Gasteiger partial charge in [-0.25, -0.2) is 0 Å². The number of aryl methyl sites for hydroxylation is 1. The average Bonchev–Trinajstić information content (AvgIpc) is 2.27. The summed E-state index contributed by atoms with van der Waals surface area (Å²) in [7, 11) is 4.05. The Labute approximate surface area is 107 Å². The van der Waals surface area contributed by atoms with Crippen molar-refractivity contribution in [2.75, 3.05) is 30.9 Å². The second kappa shape index (κ2) is 6.02. The van der Waals surface area contributed by atoms with Crippen LogP contribution in [0.2, 0.25) is 0 Å². The van der Waals surface area contributed by atoms with Crippen LogP contribution in [0.5, 0.6) is 0 Å². The highest BCUT2D eigenvalue weighted by molar-refractivity contribution is 6.36. The minimum absolute atomic E-state index is 0.543. The summed E-state index contributed by atoms with van der Waals surface area (Å²) in [6.45, 7) is 2.63. The molecule has 1 rings (SSSR count). The second-order valence-electron chi connectivity index (χ2n) is 3.81. The largest absolute Gasteiger partial charge is 0.380 e. The summed E-state index contributed by atoms with van der Waals surface area (Å²) in [6.07, 6.45) is 0. The van der Waals surface area contributed by atoms with E-state index in [-0.39, 0.29) is 0 Å². The Morgan fingerprint density at radius 1 is 1.44 bits per heavy atom. The lowest BCUT2D eigenvalue weighted by Crippen LogP contribution is -2.11. The van der Waals surface area contributed by atoms with Crippen molar-refractivity contribution >= 4 is 34.6 Å². The number of hydrogen-bond donors (Lipinski definition) is 1. The summed E-state index contributed by atoms with van der Waals surface area (Å²) >= 11 is 11.3. The van der Waals surface area contributed by atoms with Crippen LogP contribution >= 0.6 is 23.2 Å². The minimum Gasteiger partial charge on any atom is -0.380 e. The number of nitrogens with one attached hydrogen (secondary N) is 1. The fourth-order valence-corrected chi connectivity index (χ4v) is 1.57. The van der Waals surface area contributed by atoms with Crippen molar-refractivity contribution in [3.05, 3.63) is 34.3 Å². The molecule has 0 saturated heterocycles. The summed E-state index contributed by atoms with van der Waals surface area (Å²) in [5.41, 5.74) is 4.84. The van der Waals surface area contributed by atoms with Gasteiger partial charge in [0.15, 0.2) is 0 Å². The number of halogens is 2. The highest BCUT2D eigenvalue weighted by atomic mass is 35.5. The van der Waals surface area contributed by atoms with Crippen LogP contribution in [-0.2, 0) is 0 Å². The van der Waals surface area contributed by atoms with Gasteiger partial charge < -0.3 is 10.2 Å². The van der Waals surface area contributed by atoms with E-state index in [0.29, 0.717) is 11.6 Å². The molecular weight excluding hydrogens is 243 g/mol. The lowest BCUT2D eigenvalue weighted by atomic mass is 10.1. The van der Waals surface area contributed by atoms with Crippen LogP contribution in [0.25, 0.3) is 0 Å². The molecule has 0 spiro atoms. The highest BCUT2D eigenvalue weighted by Gasteiger charge is 2.02. The standard InChI is InChI=1S/C12H16Cl2N2/c1-9-4-5-11(6-12(9)16(2)3)15-8-10(14)7-13/h4-7,15H,8H2,1-3H3/b10-7-. The van der Waals surface area contributed by atoms with Crippen molar-refractivity contribution < 1.29 is 0 Å². The van der Waals surface area contributed by atoms with Gasteiger partial charge >= 0.3 is 0 Å². The molecule has 0 unspecified atom stereocenters. The van der Waals surface area contributed by atoms with E-state index in [1.54, 1.807) is 0 Å². The number of hydrogen-bond acceptors (Lipinski definition) is 2. The Morgan fingerprint density at radius 3 is 2.69 bits per heavy atom. The van der Waals surface area contributed by atoms with E-state index in [1.807, 2.05) is 20.2 Å². The van der Waals surface area contributed by atoms with Crippen molar-refractivity contribution in [3.63, 3.8) is 0 Å². The lowest BCUT2D eigenvalue weighted by molar-refractivity contribution is 1.11. The third-order valence-electron chi connectivity index (χ3n) is 2.27. The van der Waals surface area contributed by atoms with Gasteiger partial charge in [0.2, 0.25) is 0 Å². The van der Waals surface area contributed by atoms with Crippen LogP contribution in [0.4, 0.5) is 11.4 Å². The van der Waals surface area contributed by atoms with E-state index in [2.05, 4.69) is 29.3 Å². The smallest absolute Gasteiger partial charge is 0.0516 e. The molecule has 16 heavy (non-hydrogen) atoms. The predicted octanol–water partition coefficient (Wildman–Crippen LogP) is 3.79. The van der Waals surface area contributed by atoms with Crippen LogP contribution in [0.3, 0.4) is 0 Å². The molecule has 1 aromatic rings. The quantitative estimate of drug-likeness (QED) is 0.884. The van der Waals surface area contributed by atoms with E-state index in [4.69, 9.17) is 23.2 Å². The fraction of sp³-hybridized carbons (Fsp3) is 0.333. The number of benzene rings is 1. The average molecular weight is 259 g/mol. The molecule has 0 aliphatic rings. The molecule has 0 saturated carbocycles. The third-order valence-corrected chi connectivity index (χ3v) is 2.89. The van der Waals surface area contributed by atoms with Crippen LogP contribution in [-0.4, -0.2) is 20.6 Å². The van der Waals surface area contributed by atoms with Gasteiger partial charge in [0.05, 0.1) is 6.54 Å². The molecule has 1 aromatic carbocycles. The van der Waals surface area contributed by atoms with Gasteiger partial charge in [0.25, 0.3) is 0 Å². The molecule has 0 radical (unpaired) electrons. The van der Waals surface area contributed by atoms with Crippen molar-refractivity contribution in [1.82, 2.24) is 0 Å². The van der Waals surface area contributed by atoms with E-state index < -0.39 is 0 Å². The molecule has 0 aliphatic carbocycles. The van der Waals surface area contributed by atoms with Crippen LogP contribution in [0, 0.1) is 6.92 Å². The van der Waals surface area contributed by atoms with Crippen molar-refractivity contribution in [2.24, 2.45) is 0 Å². The first kappa shape index (κ1) is 13.2. The molecule has 88 valence electrons. The molecule has 2 nitrogen and oxygen atoms in total. The Morgan fingerprint density at radius 2 is 2.12 bits per heavy atom. The van der Waals surface area contributed by atoms with Crippen LogP contribution < -0.4 is 10.2 Å². The maximum Gasteiger partial charge on any atom is 0.0516 e. The van der Waals surface area contributed by atoms with Gasteiger partial charge in [-0.3, -0.25) is 0 Å². The molecule has 0 fully saturated rings. The Bertz CT molecular complexity index is 387. The molecule has 0 aliphatic heterocycles. The molecule has 0 heterocycles. The maximum atomic E-state index is 5.81. The van der Waals surface area contributed by atoms with Crippen LogP contribution in [0.15, 0.2) is 28.8 Å². The summed E-state index contributed by atoms with van der Waals surface area (Å²) in [5.74, 6) is 0. The Kier molecular flexibility index (Phi) is 4.97. The van der Waals surface area contributed by atoms with Gasteiger partial charge in [-0.2, -0.15) is 0 Å². The van der Waals surface area contributed by atoms with E-state index >= 15 is 0 Å². The first-order chi connectivity index (χ1) is 7.54. The van der Waals surface area contributed by atoms with Gasteiger partial charge in [-0.15, -0.1) is 0 Å². The zero-order valence-electron chi connectivity index (χ0n) is 9.72. The Balaban J connectivity index is 2.79. The van der Waals surface area contributed by atoms with Crippen molar-refractivity contribution in [1.29, 1.82) is 0 Å². The third kappa shape index (κ3) is 3.62. The summed E-state index contributed by atoms with van der Waals surface area (Å²) in [4.78, 5) is 2.08. The predicted molar refractivity (Wildman–Crippen MR) is 73.8 cm³/mol. The highest BCUT2D eigenvalue weighted by Crippen LogP contribution is 2.22. The zero-order chi connectivity index (χ0) is 12.1. The van der Waals surface area contributed by atoms with Gasteiger partial charge in [-0.05, 0) is 24.6 Å². The molecule has 1 N–H and O–H groups in total. The molecular formula is C12H16Cl2N2. The van der Waals surface area contributed by atoms with Crippen molar-refractivity contribution in [2.45, 2.75) is 6.92 Å². The first-order valence-electron chi connectivity index (χ1n) is 5.01. The van der Waals surface area contributed by atoms with E-state index in [0.717, 1.165) is 5.69 Å². The maximum absolute atomic E-state index is 5.81. The minimum atomic E-state index is 0.543. The summed E-state index contributed by atoms with van der Waals surface area (Å²) in [5, 5.41) is 3.80. The SMILES string of the molecule is Cc1ccc(NC/C(Cl)=C/Cl)cc1N(C)C. The van der Waals surface area contributed by atoms with Crippen molar-refractivity contribution in [3.8, 4) is 0 Å². The lowest BCUT2D eigenvalue weighted by Gasteiger charge is -2.17. The molecule has 0 aromatic heterocycles. The van der Waals surface area contributed by atoms with E-state index in [1.165, 1.54) is 16.8 Å². The van der Waals surface area contributed by atoms with Gasteiger partial charge in [0.1, 0.15) is 0 Å². The number of nitrogens with zero attached hydrogens (tertiary/aromatic N) is 1. The summed E-state index contributed by atoms with van der Waals surface area (Å²) in [6, 6.07) is 6.20. The summed E-state index contributed by atoms with van der Waals surface area (Å²) < 4.78 is 0. The molecule has 4 heteroatoms. The molecule has 0 atom stereocenters. The van der Waals surface area contributed by atoms with E-state index in [9.17, 15) is 0 Å². The Hall–Kier alpha value is -0.860. The normalized spacial score (nSPS) is 11.4. The number of rotatable bonds is 4. The van der Waals surface area contributed by atoms with Gasteiger partial charge in [0, 0.05) is 36.0 Å². The van der Waals surface area contributed by atoms with Crippen LogP contribution in [0.1, 0.15) is 5.56 Å². The monoisotopic (exact) mass is 258 g/mol. The zero-order valence-corrected chi connectivity index (χ0v) is 11.2.